The van der Waals surface area contributed by atoms with Gasteiger partial charge in [0, 0.05) is 30.5 Å². The monoisotopic (exact) mass is 413 g/mol. The van der Waals surface area contributed by atoms with Crippen molar-refractivity contribution in [3.63, 3.8) is 0 Å². The van der Waals surface area contributed by atoms with Crippen molar-refractivity contribution >= 4 is 21.0 Å². The zero-order valence-corrected chi connectivity index (χ0v) is 17.0. The highest BCUT2D eigenvalue weighted by Gasteiger charge is 2.25. The van der Waals surface area contributed by atoms with Crippen molar-refractivity contribution in [1.82, 2.24) is 14.4 Å². The van der Waals surface area contributed by atoms with E-state index in [0.717, 1.165) is 50.0 Å². The number of halogens is 1. The van der Waals surface area contributed by atoms with Crippen LogP contribution < -0.4 is 0 Å². The molecule has 1 aromatic carbocycles. The van der Waals surface area contributed by atoms with Crippen molar-refractivity contribution in [2.24, 2.45) is 0 Å². The summed E-state index contributed by atoms with van der Waals surface area (Å²) in [5.74, 6) is -0.255. The molecule has 0 unspecified atom stereocenters. The maximum atomic E-state index is 13.3. The second kappa shape index (κ2) is 9.30. The van der Waals surface area contributed by atoms with Gasteiger partial charge in [-0.2, -0.15) is 0 Å². The van der Waals surface area contributed by atoms with Crippen LogP contribution in [0.2, 0.25) is 0 Å². The number of aromatic nitrogens is 1. The predicted molar refractivity (Wildman–Crippen MR) is 105 cm³/mol. The van der Waals surface area contributed by atoms with Crippen molar-refractivity contribution in [3.05, 3.63) is 29.7 Å². The Hall–Kier alpha value is -1.55. The van der Waals surface area contributed by atoms with Gasteiger partial charge in [0.05, 0.1) is 18.1 Å². The smallest absolute Gasteiger partial charge is 0.216 e. The molecule has 2 heterocycles. The number of nitrogens with zero attached hydrogens (tertiary/aromatic N) is 3. The molecule has 0 amide bonds. The summed E-state index contributed by atoms with van der Waals surface area (Å²) in [7, 11) is -3.37. The molecule has 9 heteroatoms. The molecular weight excluding hydrogens is 385 g/mol. The third-order valence-corrected chi connectivity index (χ3v) is 7.34. The molecule has 1 aliphatic rings. The molecule has 0 spiro atoms. The Morgan fingerprint density at radius 1 is 1.36 bits per heavy atom. The van der Waals surface area contributed by atoms with E-state index in [1.807, 2.05) is 6.92 Å². The van der Waals surface area contributed by atoms with Gasteiger partial charge in [-0.25, -0.2) is 17.1 Å². The van der Waals surface area contributed by atoms with E-state index in [9.17, 15) is 12.8 Å². The highest BCUT2D eigenvalue weighted by Crippen LogP contribution is 2.32. The largest absolute Gasteiger partial charge is 0.395 e. The maximum Gasteiger partial charge on any atom is 0.216 e. The molecule has 0 atom stereocenters. The van der Waals surface area contributed by atoms with Crippen LogP contribution in [0.3, 0.4) is 0 Å². The summed E-state index contributed by atoms with van der Waals surface area (Å²) in [6.45, 7) is 5.01. The van der Waals surface area contributed by atoms with Gasteiger partial charge in [0.1, 0.15) is 5.82 Å². The number of aliphatic hydroxyl groups is 1. The Kier molecular flexibility index (Phi) is 7.03. The van der Waals surface area contributed by atoms with Crippen LogP contribution in [0.1, 0.15) is 37.8 Å². The highest BCUT2D eigenvalue weighted by atomic mass is 32.2. The fraction of sp³-hybridized carbons (Fsp3) is 0.632. The van der Waals surface area contributed by atoms with Crippen LogP contribution in [0.5, 0.6) is 0 Å². The molecule has 0 aliphatic carbocycles. The molecule has 1 saturated heterocycles. The van der Waals surface area contributed by atoms with Crippen LogP contribution in [0.15, 0.2) is 22.7 Å². The first kappa shape index (κ1) is 21.2. The van der Waals surface area contributed by atoms with E-state index in [1.165, 1.54) is 16.4 Å². The fourth-order valence-corrected chi connectivity index (χ4v) is 5.15. The van der Waals surface area contributed by atoms with E-state index in [0.29, 0.717) is 24.6 Å². The Bertz CT molecular complexity index is 878. The second-order valence-corrected chi connectivity index (χ2v) is 9.30. The molecular formula is C19H28FN3O4S. The number of likely N-dealkylation sites (tertiary alicyclic amines) is 1. The third kappa shape index (κ3) is 4.89. The van der Waals surface area contributed by atoms with Gasteiger partial charge in [-0.1, -0.05) is 12.1 Å². The minimum absolute atomic E-state index is 0.220. The van der Waals surface area contributed by atoms with Gasteiger partial charge in [-0.15, -0.1) is 0 Å². The Labute approximate surface area is 165 Å². The normalized spacial score (nSPS) is 17.0. The first-order chi connectivity index (χ1) is 13.4. The van der Waals surface area contributed by atoms with E-state index in [4.69, 9.17) is 9.63 Å². The van der Waals surface area contributed by atoms with Gasteiger partial charge in [-0.3, -0.25) is 0 Å². The summed E-state index contributed by atoms with van der Waals surface area (Å²) in [4.78, 5) is 2.34. The van der Waals surface area contributed by atoms with Crippen molar-refractivity contribution in [2.75, 3.05) is 45.1 Å². The standard InChI is InChI=1S/C19H28FN3O4S/c1-2-23(28(25,26)13-12-24)9-3-8-22-10-6-15(7-11-22)19-17-5-4-16(20)14-18(17)27-21-19/h4-5,14-15,24H,2-3,6-13H2,1H3. The number of piperidine rings is 1. The van der Waals surface area contributed by atoms with E-state index < -0.39 is 10.0 Å². The number of sulfonamides is 1. The minimum atomic E-state index is -3.37. The number of hydrogen-bond acceptors (Lipinski definition) is 6. The van der Waals surface area contributed by atoms with Gasteiger partial charge in [0.15, 0.2) is 5.58 Å². The summed E-state index contributed by atoms with van der Waals surface area (Å²) in [6, 6.07) is 4.53. The zero-order chi connectivity index (χ0) is 20.1. The lowest BCUT2D eigenvalue weighted by atomic mass is 9.91. The molecule has 3 rings (SSSR count). The first-order valence-corrected chi connectivity index (χ1v) is 11.4. The SMILES string of the molecule is CCN(CCCN1CCC(c2noc3cc(F)ccc23)CC1)S(=O)(=O)CCO. The Morgan fingerprint density at radius 3 is 2.79 bits per heavy atom. The van der Waals surface area contributed by atoms with Crippen molar-refractivity contribution in [3.8, 4) is 0 Å². The van der Waals surface area contributed by atoms with Crippen molar-refractivity contribution < 1.29 is 22.4 Å². The molecule has 0 radical (unpaired) electrons. The summed E-state index contributed by atoms with van der Waals surface area (Å²) >= 11 is 0. The van der Waals surface area contributed by atoms with Gasteiger partial charge < -0.3 is 14.5 Å². The van der Waals surface area contributed by atoms with Crippen LogP contribution in [0.25, 0.3) is 11.0 Å². The quantitative estimate of drug-likeness (QED) is 0.678. The molecule has 2 aromatic rings. The molecule has 1 aromatic heterocycles. The van der Waals surface area contributed by atoms with Gasteiger partial charge >= 0.3 is 0 Å². The molecule has 7 nitrogen and oxygen atoms in total. The van der Waals surface area contributed by atoms with Crippen LogP contribution in [-0.4, -0.2) is 73.0 Å². The molecule has 156 valence electrons. The predicted octanol–water partition coefficient (Wildman–Crippen LogP) is 2.18. The van der Waals surface area contributed by atoms with Crippen LogP contribution in [0, 0.1) is 5.82 Å². The van der Waals surface area contributed by atoms with Crippen LogP contribution in [-0.2, 0) is 10.0 Å². The van der Waals surface area contributed by atoms with E-state index in [2.05, 4.69) is 10.1 Å². The number of hydrogen-bond donors (Lipinski definition) is 1. The van der Waals surface area contributed by atoms with Gasteiger partial charge in [0.2, 0.25) is 10.0 Å². The Morgan fingerprint density at radius 2 is 2.11 bits per heavy atom. The number of rotatable bonds is 9. The summed E-state index contributed by atoms with van der Waals surface area (Å²) in [6.07, 6.45) is 2.65. The lowest BCUT2D eigenvalue weighted by Gasteiger charge is -2.31. The summed E-state index contributed by atoms with van der Waals surface area (Å²) in [5.41, 5.74) is 1.39. The van der Waals surface area contributed by atoms with E-state index in [-0.39, 0.29) is 18.2 Å². The van der Waals surface area contributed by atoms with Gasteiger partial charge in [0.25, 0.3) is 0 Å². The molecule has 0 saturated carbocycles. The van der Waals surface area contributed by atoms with E-state index in [1.54, 1.807) is 6.07 Å². The average Bonchev–Trinajstić information content (AvgIpc) is 3.08. The maximum absolute atomic E-state index is 13.3. The van der Waals surface area contributed by atoms with Crippen LogP contribution >= 0.6 is 0 Å². The number of benzene rings is 1. The third-order valence-electron chi connectivity index (χ3n) is 5.41. The lowest BCUT2D eigenvalue weighted by molar-refractivity contribution is 0.202. The van der Waals surface area contributed by atoms with E-state index >= 15 is 0 Å². The van der Waals surface area contributed by atoms with Crippen molar-refractivity contribution in [2.45, 2.75) is 32.1 Å². The Balaban J connectivity index is 1.49. The highest BCUT2D eigenvalue weighted by molar-refractivity contribution is 7.89. The topological polar surface area (TPSA) is 86.9 Å². The summed E-state index contributed by atoms with van der Waals surface area (Å²) in [5, 5.41) is 14.0. The second-order valence-electron chi connectivity index (χ2n) is 7.21. The molecule has 28 heavy (non-hydrogen) atoms. The van der Waals surface area contributed by atoms with Crippen LogP contribution in [0.4, 0.5) is 4.39 Å². The molecule has 1 aliphatic heterocycles. The number of aliphatic hydroxyl groups excluding tert-OH is 1. The lowest BCUT2D eigenvalue weighted by Crippen LogP contribution is -2.38. The minimum Gasteiger partial charge on any atom is -0.395 e. The zero-order valence-electron chi connectivity index (χ0n) is 16.2. The van der Waals surface area contributed by atoms with Gasteiger partial charge in [-0.05, 0) is 51.0 Å². The fourth-order valence-electron chi connectivity index (χ4n) is 3.86. The first-order valence-electron chi connectivity index (χ1n) is 9.80. The molecule has 0 bridgehead atoms. The summed E-state index contributed by atoms with van der Waals surface area (Å²) < 4.78 is 44.2. The molecule has 1 fully saturated rings. The average molecular weight is 414 g/mol. The van der Waals surface area contributed by atoms with Crippen molar-refractivity contribution in [1.29, 1.82) is 0 Å². The molecule has 1 N–H and O–H groups in total. The number of fused-ring (bicyclic) bond motifs is 1.